The third-order valence-corrected chi connectivity index (χ3v) is 5.49. The van der Waals surface area contributed by atoms with Gasteiger partial charge in [0.25, 0.3) is 5.69 Å². The predicted molar refractivity (Wildman–Crippen MR) is 124 cm³/mol. The number of hydrogen-bond donors (Lipinski definition) is 2. The van der Waals surface area contributed by atoms with E-state index in [0.717, 1.165) is 43.4 Å². The summed E-state index contributed by atoms with van der Waals surface area (Å²) in [6, 6.07) is 8.24. The number of non-ortho nitro benzene ring substituents is 1. The van der Waals surface area contributed by atoms with Crippen LogP contribution in [0.25, 0.3) is 0 Å². The summed E-state index contributed by atoms with van der Waals surface area (Å²) in [5.41, 5.74) is 1.30. The van der Waals surface area contributed by atoms with E-state index in [0.29, 0.717) is 6.04 Å². The van der Waals surface area contributed by atoms with Crippen LogP contribution in [0.1, 0.15) is 44.1 Å². The molecule has 8 heteroatoms. The SMILES string of the molecule is CN=C(NCCCCc1ccc([N+](=O)[O-])cc1)NC1CCN(C2CC2)CC1.I. The molecule has 0 atom stereocenters. The number of benzene rings is 1. The minimum atomic E-state index is -0.359. The number of nitrogens with zero attached hydrogens (tertiary/aromatic N) is 3. The fourth-order valence-corrected chi connectivity index (χ4v) is 3.68. The second kappa shape index (κ2) is 11.5. The van der Waals surface area contributed by atoms with Crippen molar-refractivity contribution in [3.8, 4) is 0 Å². The zero-order valence-electron chi connectivity index (χ0n) is 16.6. The van der Waals surface area contributed by atoms with Crippen LogP contribution in [0.3, 0.4) is 0 Å². The lowest BCUT2D eigenvalue weighted by Gasteiger charge is -2.33. The second-order valence-electron chi connectivity index (χ2n) is 7.57. The van der Waals surface area contributed by atoms with Gasteiger partial charge in [0.15, 0.2) is 5.96 Å². The third-order valence-electron chi connectivity index (χ3n) is 5.49. The maximum absolute atomic E-state index is 10.7. The molecule has 2 fully saturated rings. The summed E-state index contributed by atoms with van der Waals surface area (Å²) in [5.74, 6) is 0.898. The highest BCUT2D eigenvalue weighted by molar-refractivity contribution is 14.0. The molecular formula is C20H32IN5O2. The van der Waals surface area contributed by atoms with Crippen molar-refractivity contribution in [1.29, 1.82) is 0 Å². The Kier molecular flexibility index (Phi) is 9.43. The van der Waals surface area contributed by atoms with Gasteiger partial charge in [-0.25, -0.2) is 0 Å². The molecule has 0 aromatic heterocycles. The molecule has 0 unspecified atom stereocenters. The third kappa shape index (κ3) is 7.20. The van der Waals surface area contributed by atoms with Crippen LogP contribution in [0.5, 0.6) is 0 Å². The first-order valence-corrected chi connectivity index (χ1v) is 10.1. The molecule has 0 radical (unpaired) electrons. The molecule has 0 spiro atoms. The van der Waals surface area contributed by atoms with Crippen molar-refractivity contribution in [2.24, 2.45) is 4.99 Å². The maximum Gasteiger partial charge on any atom is 0.269 e. The summed E-state index contributed by atoms with van der Waals surface area (Å²) < 4.78 is 0. The average Bonchev–Trinajstić information content (AvgIpc) is 3.53. The molecule has 1 aliphatic heterocycles. The van der Waals surface area contributed by atoms with Crippen LogP contribution < -0.4 is 10.6 Å². The fraction of sp³-hybridized carbons (Fsp3) is 0.650. The number of halogens is 1. The zero-order chi connectivity index (χ0) is 19.1. The quantitative estimate of drug-likeness (QED) is 0.143. The Hall–Kier alpha value is -1.42. The van der Waals surface area contributed by atoms with Gasteiger partial charge in [-0.05, 0) is 50.5 Å². The van der Waals surface area contributed by atoms with E-state index in [4.69, 9.17) is 0 Å². The van der Waals surface area contributed by atoms with E-state index >= 15 is 0 Å². The summed E-state index contributed by atoms with van der Waals surface area (Å²) in [4.78, 5) is 17.3. The number of likely N-dealkylation sites (tertiary alicyclic amines) is 1. The summed E-state index contributed by atoms with van der Waals surface area (Å²) in [6.45, 7) is 3.29. The van der Waals surface area contributed by atoms with E-state index in [1.807, 2.05) is 19.2 Å². The van der Waals surface area contributed by atoms with Crippen molar-refractivity contribution in [3.63, 3.8) is 0 Å². The molecule has 1 saturated heterocycles. The fourth-order valence-electron chi connectivity index (χ4n) is 3.68. The number of aryl methyl sites for hydroxylation is 1. The lowest BCUT2D eigenvalue weighted by Crippen LogP contribution is -2.49. The molecule has 0 bridgehead atoms. The van der Waals surface area contributed by atoms with Gasteiger partial charge in [-0.3, -0.25) is 15.1 Å². The highest BCUT2D eigenvalue weighted by Gasteiger charge is 2.31. The largest absolute Gasteiger partial charge is 0.356 e. The molecule has 2 N–H and O–H groups in total. The van der Waals surface area contributed by atoms with Crippen LogP contribution in [0, 0.1) is 10.1 Å². The molecular weight excluding hydrogens is 469 g/mol. The number of piperidine rings is 1. The average molecular weight is 501 g/mol. The lowest BCUT2D eigenvalue weighted by molar-refractivity contribution is -0.384. The number of aliphatic imine (C=N–C) groups is 1. The Morgan fingerprint density at radius 3 is 2.43 bits per heavy atom. The van der Waals surface area contributed by atoms with Crippen molar-refractivity contribution < 1.29 is 4.92 Å². The summed E-state index contributed by atoms with van der Waals surface area (Å²) in [6.07, 6.45) is 8.18. The number of nitro benzene ring substituents is 1. The number of unbranched alkanes of at least 4 members (excludes halogenated alkanes) is 1. The van der Waals surface area contributed by atoms with E-state index in [-0.39, 0.29) is 34.6 Å². The van der Waals surface area contributed by atoms with Gasteiger partial charge in [0, 0.05) is 50.9 Å². The smallest absolute Gasteiger partial charge is 0.269 e. The van der Waals surface area contributed by atoms with Crippen LogP contribution >= 0.6 is 24.0 Å². The van der Waals surface area contributed by atoms with E-state index in [9.17, 15) is 10.1 Å². The van der Waals surface area contributed by atoms with Gasteiger partial charge in [-0.15, -0.1) is 24.0 Å². The molecule has 1 aliphatic carbocycles. The maximum atomic E-state index is 10.7. The first kappa shape index (κ1) is 22.9. The van der Waals surface area contributed by atoms with Crippen molar-refractivity contribution in [2.75, 3.05) is 26.7 Å². The molecule has 3 rings (SSSR count). The molecule has 1 aromatic carbocycles. The Labute approximate surface area is 184 Å². The standard InChI is InChI=1S/C20H31N5O2.HI/c1-21-20(23-17-11-14-24(15-12-17)18-9-10-18)22-13-3-2-4-16-5-7-19(8-6-16)25(26)27;/h5-8,17-18H,2-4,9-15H2,1H3,(H2,21,22,23);1H. The number of nitro groups is 1. The minimum absolute atomic E-state index is 0. The monoisotopic (exact) mass is 501 g/mol. The molecule has 156 valence electrons. The van der Waals surface area contributed by atoms with Gasteiger partial charge in [0.1, 0.15) is 0 Å². The van der Waals surface area contributed by atoms with E-state index in [2.05, 4.69) is 20.5 Å². The number of rotatable bonds is 8. The summed E-state index contributed by atoms with van der Waals surface area (Å²) >= 11 is 0. The van der Waals surface area contributed by atoms with Crippen molar-refractivity contribution >= 4 is 35.6 Å². The topological polar surface area (TPSA) is 82.8 Å². The lowest BCUT2D eigenvalue weighted by atomic mass is 10.1. The number of nitrogens with one attached hydrogen (secondary N) is 2. The van der Waals surface area contributed by atoms with Gasteiger partial charge in [-0.2, -0.15) is 0 Å². The Morgan fingerprint density at radius 1 is 1.18 bits per heavy atom. The Morgan fingerprint density at radius 2 is 1.86 bits per heavy atom. The normalized spacial score (nSPS) is 18.4. The first-order chi connectivity index (χ1) is 13.2. The minimum Gasteiger partial charge on any atom is -0.356 e. The van der Waals surface area contributed by atoms with Crippen LogP contribution in [-0.4, -0.2) is 54.5 Å². The molecule has 0 amide bonds. The van der Waals surface area contributed by atoms with E-state index in [1.165, 1.54) is 38.8 Å². The van der Waals surface area contributed by atoms with Gasteiger partial charge < -0.3 is 15.5 Å². The van der Waals surface area contributed by atoms with Gasteiger partial charge in [0.2, 0.25) is 0 Å². The Bertz CT molecular complexity index is 641. The molecule has 28 heavy (non-hydrogen) atoms. The van der Waals surface area contributed by atoms with E-state index in [1.54, 1.807) is 12.1 Å². The number of guanidine groups is 1. The highest BCUT2D eigenvalue weighted by Crippen LogP contribution is 2.29. The van der Waals surface area contributed by atoms with Crippen molar-refractivity contribution in [1.82, 2.24) is 15.5 Å². The first-order valence-electron chi connectivity index (χ1n) is 10.1. The number of hydrogen-bond acceptors (Lipinski definition) is 4. The zero-order valence-corrected chi connectivity index (χ0v) is 18.9. The van der Waals surface area contributed by atoms with E-state index < -0.39 is 0 Å². The van der Waals surface area contributed by atoms with Crippen LogP contribution in [0.4, 0.5) is 5.69 Å². The summed E-state index contributed by atoms with van der Waals surface area (Å²) in [7, 11) is 1.82. The van der Waals surface area contributed by atoms with Crippen molar-refractivity contribution in [3.05, 3.63) is 39.9 Å². The molecule has 7 nitrogen and oxygen atoms in total. The highest BCUT2D eigenvalue weighted by atomic mass is 127. The molecule has 1 saturated carbocycles. The van der Waals surface area contributed by atoms with Crippen molar-refractivity contribution in [2.45, 2.75) is 57.0 Å². The molecule has 2 aliphatic rings. The van der Waals surface area contributed by atoms with Crippen LogP contribution in [0.15, 0.2) is 29.3 Å². The second-order valence-corrected chi connectivity index (χ2v) is 7.57. The predicted octanol–water partition coefficient (Wildman–Crippen LogP) is 3.33. The Balaban J connectivity index is 0.00000280. The van der Waals surface area contributed by atoms with Gasteiger partial charge in [0.05, 0.1) is 4.92 Å². The van der Waals surface area contributed by atoms with Crippen LogP contribution in [0.2, 0.25) is 0 Å². The molecule has 1 heterocycles. The van der Waals surface area contributed by atoms with Crippen LogP contribution in [-0.2, 0) is 6.42 Å². The summed E-state index contributed by atoms with van der Waals surface area (Å²) in [5, 5.41) is 17.6. The van der Waals surface area contributed by atoms with Gasteiger partial charge >= 0.3 is 0 Å². The molecule has 1 aromatic rings. The van der Waals surface area contributed by atoms with Gasteiger partial charge in [-0.1, -0.05) is 12.1 Å².